The minimum Gasteiger partial charge on any atom is -0.508 e. The molecule has 258 valence electrons. The van der Waals surface area contributed by atoms with Crippen LogP contribution in [-0.4, -0.2) is 46.3 Å². The van der Waals surface area contributed by atoms with Gasteiger partial charge < -0.3 is 24.7 Å². The van der Waals surface area contributed by atoms with Crippen LogP contribution in [0.2, 0.25) is 5.15 Å². The van der Waals surface area contributed by atoms with E-state index >= 15 is 0 Å². The Balaban J connectivity index is 0.000000191. The first kappa shape index (κ1) is 35.7. The van der Waals surface area contributed by atoms with Crippen LogP contribution in [0, 0.1) is 0 Å². The third-order valence-corrected chi connectivity index (χ3v) is 9.00. The zero-order valence-electron chi connectivity index (χ0n) is 30.4. The number of halogens is 1. The molecule has 3 N–H and O–H groups in total. The Labute approximate surface area is 294 Å². The number of aromatic nitrogens is 6. The molecule has 4 heterocycles. The van der Waals surface area contributed by atoms with Gasteiger partial charge in [0.1, 0.15) is 46.4 Å². The van der Waals surface area contributed by atoms with Crippen molar-refractivity contribution in [2.75, 3.05) is 12.4 Å². The van der Waals surface area contributed by atoms with Gasteiger partial charge in [-0.1, -0.05) is 65.3 Å². The summed E-state index contributed by atoms with van der Waals surface area (Å²) in [5.74, 6) is 1.31. The average Bonchev–Trinajstić information content (AvgIpc) is 3.61. The molecule has 2 aromatic carbocycles. The highest BCUT2D eigenvalue weighted by Crippen LogP contribution is 2.40. The smallest absolute Gasteiger partial charge is 0.146 e. The van der Waals surface area contributed by atoms with Crippen LogP contribution in [0.4, 0.5) is 5.82 Å². The summed E-state index contributed by atoms with van der Waals surface area (Å²) in [6, 6.07) is 12.0. The highest BCUT2D eigenvalue weighted by atomic mass is 35.5. The van der Waals surface area contributed by atoms with E-state index in [0.717, 1.165) is 61.3 Å². The molecule has 0 aliphatic rings. The summed E-state index contributed by atoms with van der Waals surface area (Å²) in [6.07, 6.45) is 7.21. The molecule has 4 aromatic heterocycles. The number of aromatic hydroxyl groups is 2. The van der Waals surface area contributed by atoms with Crippen LogP contribution in [-0.2, 0) is 10.8 Å². The quantitative estimate of drug-likeness (QED) is 0.155. The summed E-state index contributed by atoms with van der Waals surface area (Å²) < 4.78 is 4.23. The maximum atomic E-state index is 10.3. The summed E-state index contributed by atoms with van der Waals surface area (Å²) in [7, 11) is 1.86. The number of phenolic OH excluding ortho intramolecular Hbond substituents is 2. The van der Waals surface area contributed by atoms with Gasteiger partial charge in [0.25, 0.3) is 0 Å². The number of nitrogens with zero attached hydrogens (tertiary/aromatic N) is 6. The second kappa shape index (κ2) is 13.3. The Morgan fingerprint density at radius 2 is 1.06 bits per heavy atom. The number of anilines is 1. The summed E-state index contributed by atoms with van der Waals surface area (Å²) in [6.45, 7) is 21.3. The molecule has 0 spiro atoms. The maximum absolute atomic E-state index is 10.3. The third-order valence-electron chi connectivity index (χ3n) is 8.71. The molecule has 0 atom stereocenters. The summed E-state index contributed by atoms with van der Waals surface area (Å²) in [5, 5.41) is 25.9. The normalized spacial score (nSPS) is 12.2. The van der Waals surface area contributed by atoms with Crippen LogP contribution < -0.4 is 5.32 Å². The van der Waals surface area contributed by atoms with E-state index in [-0.39, 0.29) is 34.4 Å². The fourth-order valence-electron chi connectivity index (χ4n) is 5.95. The lowest BCUT2D eigenvalue weighted by Crippen LogP contribution is -2.10. The Morgan fingerprint density at radius 3 is 1.49 bits per heavy atom. The molecule has 0 saturated heterocycles. The highest BCUT2D eigenvalue weighted by Gasteiger charge is 2.22. The molecule has 0 unspecified atom stereocenters. The maximum Gasteiger partial charge on any atom is 0.146 e. The number of hydrogen-bond acceptors (Lipinski definition) is 7. The molecule has 0 fully saturated rings. The predicted octanol–water partition coefficient (Wildman–Crippen LogP) is 10.1. The summed E-state index contributed by atoms with van der Waals surface area (Å²) >= 11 is 6.37. The van der Waals surface area contributed by atoms with Crippen LogP contribution in [0.15, 0.2) is 61.4 Å². The summed E-state index contributed by atoms with van der Waals surface area (Å²) in [5.41, 5.74) is 7.59. The number of hydrogen-bond donors (Lipinski definition) is 3. The second-order valence-electron chi connectivity index (χ2n) is 15.2. The van der Waals surface area contributed by atoms with Crippen molar-refractivity contribution in [3.8, 4) is 33.8 Å². The topological polar surface area (TPSA) is 114 Å². The van der Waals surface area contributed by atoms with Gasteiger partial charge in [0.15, 0.2) is 0 Å². The van der Waals surface area contributed by atoms with Crippen LogP contribution in [0.25, 0.3) is 44.3 Å². The van der Waals surface area contributed by atoms with Crippen LogP contribution in [0.5, 0.6) is 11.5 Å². The van der Waals surface area contributed by atoms with Gasteiger partial charge in [-0.25, -0.2) is 19.9 Å². The highest BCUT2D eigenvalue weighted by molar-refractivity contribution is 6.35. The summed E-state index contributed by atoms with van der Waals surface area (Å²) in [4.78, 5) is 17.4. The fourth-order valence-corrected chi connectivity index (χ4v) is 6.18. The lowest BCUT2D eigenvalue weighted by Gasteiger charge is -2.20. The van der Waals surface area contributed by atoms with E-state index in [1.807, 2.05) is 25.4 Å². The molecule has 0 amide bonds. The number of fused-ring (bicyclic) bond motifs is 2. The largest absolute Gasteiger partial charge is 0.508 e. The Morgan fingerprint density at radius 1 is 0.633 bits per heavy atom. The molecule has 0 radical (unpaired) electrons. The number of rotatable bonds is 5. The second-order valence-corrected chi connectivity index (χ2v) is 15.5. The first-order valence-electron chi connectivity index (χ1n) is 16.6. The Bertz CT molecular complexity index is 2130. The van der Waals surface area contributed by atoms with Crippen LogP contribution in [0.3, 0.4) is 0 Å². The fraction of sp³-hybridized carbons (Fsp3) is 0.385. The van der Waals surface area contributed by atoms with E-state index in [0.29, 0.717) is 5.15 Å². The Hall–Kier alpha value is -4.63. The SMILES string of the molecule is CC(C)n1cc(-c2cc(O)cc(C(C)(C)C)c2)c2c(Cl)ncnc21.CNc1ncnc2c1c(-c1cc(O)cc(C(C)(C)C)c1)cn2C(C)C. The molecular weight excluding hydrogens is 634 g/mol. The van der Waals surface area contributed by atoms with Crippen LogP contribution in [0.1, 0.15) is 92.4 Å². The minimum absolute atomic E-state index is 0.0494. The van der Waals surface area contributed by atoms with Gasteiger partial charge in [-0.05, 0) is 85.0 Å². The Kier molecular flexibility index (Phi) is 9.72. The van der Waals surface area contributed by atoms with Crippen molar-refractivity contribution in [1.29, 1.82) is 0 Å². The molecule has 0 bridgehead atoms. The number of phenols is 2. The average molecular weight is 682 g/mol. The third kappa shape index (κ3) is 7.22. The van der Waals surface area contributed by atoms with Crippen LogP contribution >= 0.6 is 11.6 Å². The van der Waals surface area contributed by atoms with E-state index in [1.165, 1.54) is 6.33 Å². The van der Waals surface area contributed by atoms with E-state index in [2.05, 4.69) is 122 Å². The molecule has 0 aliphatic carbocycles. The van der Waals surface area contributed by atoms with Crippen molar-refractivity contribution < 1.29 is 10.2 Å². The molecule has 6 rings (SSSR count). The molecular formula is C39H48ClN7O2. The lowest BCUT2D eigenvalue weighted by atomic mass is 9.85. The van der Waals surface area contributed by atoms with Gasteiger partial charge in [0.05, 0.1) is 10.8 Å². The van der Waals surface area contributed by atoms with Gasteiger partial charge in [-0.15, -0.1) is 0 Å². The van der Waals surface area contributed by atoms with Gasteiger partial charge in [0.2, 0.25) is 0 Å². The molecule has 6 aromatic rings. The van der Waals surface area contributed by atoms with Gasteiger partial charge >= 0.3 is 0 Å². The van der Waals surface area contributed by atoms with Crippen molar-refractivity contribution >= 4 is 39.5 Å². The number of nitrogens with one attached hydrogen (secondary N) is 1. The number of benzene rings is 2. The van der Waals surface area contributed by atoms with E-state index < -0.39 is 0 Å². The molecule has 0 saturated carbocycles. The van der Waals surface area contributed by atoms with Gasteiger partial charge in [-0.2, -0.15) is 0 Å². The van der Waals surface area contributed by atoms with Crippen molar-refractivity contribution in [2.45, 2.75) is 92.2 Å². The predicted molar refractivity (Wildman–Crippen MR) is 202 cm³/mol. The van der Waals surface area contributed by atoms with E-state index in [4.69, 9.17) is 11.6 Å². The van der Waals surface area contributed by atoms with E-state index in [1.54, 1.807) is 18.5 Å². The van der Waals surface area contributed by atoms with E-state index in [9.17, 15) is 10.2 Å². The van der Waals surface area contributed by atoms with Gasteiger partial charge in [0, 0.05) is 42.7 Å². The molecule has 10 heteroatoms. The zero-order chi connectivity index (χ0) is 36.0. The molecule has 49 heavy (non-hydrogen) atoms. The van der Waals surface area contributed by atoms with Crippen molar-refractivity contribution in [3.63, 3.8) is 0 Å². The molecule has 9 nitrogen and oxygen atoms in total. The lowest BCUT2D eigenvalue weighted by molar-refractivity contribution is 0.471. The zero-order valence-corrected chi connectivity index (χ0v) is 31.1. The van der Waals surface area contributed by atoms with Gasteiger partial charge in [-0.3, -0.25) is 0 Å². The van der Waals surface area contributed by atoms with Crippen molar-refractivity contribution in [2.24, 2.45) is 0 Å². The van der Waals surface area contributed by atoms with Crippen molar-refractivity contribution in [3.05, 3.63) is 77.7 Å². The monoisotopic (exact) mass is 681 g/mol. The minimum atomic E-state index is -0.0653. The standard InChI is InChI=1S/C20H26N4O.C19H22ClN3O/c1-12(2)24-10-16(17-18(21-6)22-11-23-19(17)24)13-7-14(20(3,4)5)9-15(25)8-13;1-11(2)23-9-15(16-17(20)21-10-22-18(16)23)12-6-13(19(3,4)5)8-14(24)7-12/h7-12,25H,1-6H3,(H,21,22,23);6-11,24H,1-5H3. The first-order valence-corrected chi connectivity index (χ1v) is 17.0. The first-order chi connectivity index (χ1) is 22.9. The molecule has 0 aliphatic heterocycles. The van der Waals surface area contributed by atoms with Crippen molar-refractivity contribution in [1.82, 2.24) is 29.1 Å².